The van der Waals surface area contributed by atoms with Gasteiger partial charge in [0.1, 0.15) is 28.7 Å². The average molecular weight is 544 g/mol. The molecule has 1 aliphatic heterocycles. The lowest BCUT2D eigenvalue weighted by molar-refractivity contribution is -0.154. The molecule has 7 N–H and O–H groups in total. The first kappa shape index (κ1) is 27.3. The first-order valence-electron chi connectivity index (χ1n) is 13.2. The number of carbonyl (C=O) groups is 3. The summed E-state index contributed by atoms with van der Waals surface area (Å²) in [4.78, 5) is 41.3. The van der Waals surface area contributed by atoms with Crippen molar-refractivity contribution < 1.29 is 39.2 Å². The second kappa shape index (κ2) is 9.14. The van der Waals surface area contributed by atoms with Gasteiger partial charge in [0.25, 0.3) is 5.91 Å². The van der Waals surface area contributed by atoms with E-state index in [9.17, 15) is 34.8 Å². The minimum absolute atomic E-state index is 0.0302. The number of phenolic OH excluding ortho intramolecular Hbond substituents is 1. The number of aliphatic hydroxyl groups is 3. The van der Waals surface area contributed by atoms with Gasteiger partial charge in [0.05, 0.1) is 11.6 Å². The maximum atomic E-state index is 15.8. The fourth-order valence-corrected chi connectivity index (χ4v) is 6.68. The molecule has 39 heavy (non-hydrogen) atoms. The van der Waals surface area contributed by atoms with Crippen LogP contribution in [0.3, 0.4) is 0 Å². The maximum absolute atomic E-state index is 15.8. The number of nitrogens with zero attached hydrogens (tertiary/aromatic N) is 1. The van der Waals surface area contributed by atoms with E-state index in [2.05, 4.69) is 5.32 Å². The Balaban J connectivity index is 1.66. The largest absolute Gasteiger partial charge is 0.508 e. The molecule has 0 unspecified atom stereocenters. The molecule has 0 spiro atoms. The molecule has 1 saturated carbocycles. The standard InChI is InChI=1S/C28H34FN3O7/c1-27(2,3)31-11-13-10-16(33)18-14(20(13)29)8-12-9-15-21(32-6-4-5-7-32)23(35)19(26(30)38)25(37)28(15,39)24(36)17(12)22(18)34/h10,12,15,21,31,33-34,37,39H,4-9,11H2,1-3H3,(H2,30,38)/t12-,15-,21-,28-/m0/s1. The average Bonchev–Trinajstić information content (AvgIpc) is 3.36. The Morgan fingerprint density at radius 3 is 2.44 bits per heavy atom. The summed E-state index contributed by atoms with van der Waals surface area (Å²) in [7, 11) is 0. The van der Waals surface area contributed by atoms with Crippen LogP contribution >= 0.6 is 0 Å². The Kier molecular flexibility index (Phi) is 6.40. The first-order valence-corrected chi connectivity index (χ1v) is 13.2. The summed E-state index contributed by atoms with van der Waals surface area (Å²) in [6.45, 7) is 6.81. The number of Topliss-reactive ketones (excluding diaryl/α,β-unsaturated/α-hetero) is 2. The van der Waals surface area contributed by atoms with Crippen LogP contribution in [0, 0.1) is 17.7 Å². The molecule has 5 rings (SSSR count). The lowest BCUT2D eigenvalue weighted by Crippen LogP contribution is -2.66. The van der Waals surface area contributed by atoms with Gasteiger partial charge in [-0.3, -0.25) is 19.3 Å². The van der Waals surface area contributed by atoms with Crippen LogP contribution in [-0.2, 0) is 27.3 Å². The third-order valence-corrected chi connectivity index (χ3v) is 8.52. The van der Waals surface area contributed by atoms with E-state index in [1.807, 2.05) is 20.8 Å². The number of amides is 1. The van der Waals surface area contributed by atoms with E-state index in [4.69, 9.17) is 5.73 Å². The lowest BCUT2D eigenvalue weighted by atomic mass is 9.57. The molecule has 4 aliphatic rings. The first-order chi connectivity index (χ1) is 18.2. The van der Waals surface area contributed by atoms with Crippen molar-refractivity contribution >= 4 is 23.2 Å². The molecule has 1 aromatic rings. The molecular formula is C28H34FN3O7. The third-order valence-electron chi connectivity index (χ3n) is 8.52. The minimum atomic E-state index is -2.70. The van der Waals surface area contributed by atoms with E-state index in [1.54, 1.807) is 4.90 Å². The molecule has 210 valence electrons. The molecule has 11 heteroatoms. The van der Waals surface area contributed by atoms with Crippen molar-refractivity contribution in [1.29, 1.82) is 0 Å². The Labute approximate surface area is 225 Å². The SMILES string of the molecule is CC(C)(C)NCc1cc(O)c2c(c1F)C[C@H]1C[C@H]3[C@H](N4CCCC4)C(=O)C(C(N)=O)=C(O)[C@@]3(O)C(=O)C1=C2O. The van der Waals surface area contributed by atoms with E-state index in [-0.39, 0.29) is 47.2 Å². The number of hydrogen-bond acceptors (Lipinski definition) is 9. The molecule has 1 heterocycles. The highest BCUT2D eigenvalue weighted by molar-refractivity contribution is 6.24. The van der Waals surface area contributed by atoms with E-state index in [1.165, 1.54) is 6.07 Å². The smallest absolute Gasteiger partial charge is 0.255 e. The predicted octanol–water partition coefficient (Wildman–Crippen LogP) is 1.53. The second-order valence-corrected chi connectivity index (χ2v) is 12.1. The monoisotopic (exact) mass is 543 g/mol. The molecule has 2 fully saturated rings. The zero-order valence-electron chi connectivity index (χ0n) is 22.2. The summed E-state index contributed by atoms with van der Waals surface area (Å²) in [5, 5.41) is 47.9. The van der Waals surface area contributed by atoms with E-state index in [0.29, 0.717) is 13.1 Å². The second-order valence-electron chi connectivity index (χ2n) is 12.1. The van der Waals surface area contributed by atoms with Gasteiger partial charge >= 0.3 is 0 Å². The van der Waals surface area contributed by atoms with Crippen LogP contribution in [0.5, 0.6) is 5.75 Å². The van der Waals surface area contributed by atoms with Crippen LogP contribution in [0.1, 0.15) is 56.7 Å². The topological polar surface area (TPSA) is 173 Å². The quantitative estimate of drug-likeness (QED) is 0.308. The van der Waals surface area contributed by atoms with E-state index >= 15 is 4.39 Å². The Hall–Kier alpha value is -3.28. The number of rotatable bonds is 4. The van der Waals surface area contributed by atoms with Gasteiger partial charge in [-0.05, 0) is 71.5 Å². The highest BCUT2D eigenvalue weighted by Gasteiger charge is 2.64. The number of halogens is 1. The summed E-state index contributed by atoms with van der Waals surface area (Å²) in [6, 6.07) is 0.0746. The molecule has 4 atom stereocenters. The summed E-state index contributed by atoms with van der Waals surface area (Å²) in [5.41, 5.74) is 1.21. The summed E-state index contributed by atoms with van der Waals surface area (Å²) in [6.07, 6.45) is 1.39. The molecule has 3 aliphatic carbocycles. The summed E-state index contributed by atoms with van der Waals surface area (Å²) < 4.78 is 15.8. The molecule has 1 saturated heterocycles. The van der Waals surface area contributed by atoms with Gasteiger partial charge in [0.15, 0.2) is 11.4 Å². The Morgan fingerprint density at radius 1 is 1.21 bits per heavy atom. The fraction of sp³-hybridized carbons (Fsp3) is 0.536. The maximum Gasteiger partial charge on any atom is 0.255 e. The number of nitrogens with one attached hydrogen (secondary N) is 1. The molecule has 0 bridgehead atoms. The van der Waals surface area contributed by atoms with Crippen molar-refractivity contribution in [3.05, 3.63) is 45.5 Å². The number of hydrogen-bond donors (Lipinski definition) is 6. The highest BCUT2D eigenvalue weighted by atomic mass is 19.1. The molecule has 0 radical (unpaired) electrons. The Bertz CT molecular complexity index is 1360. The van der Waals surface area contributed by atoms with Gasteiger partial charge in [0, 0.05) is 34.7 Å². The number of aliphatic hydroxyl groups excluding tert-OH is 2. The molecule has 1 aromatic carbocycles. The Morgan fingerprint density at radius 2 is 1.85 bits per heavy atom. The number of carbonyl (C=O) groups excluding carboxylic acids is 3. The molecular weight excluding hydrogens is 509 g/mol. The van der Waals surface area contributed by atoms with Crippen LogP contribution in [0.2, 0.25) is 0 Å². The van der Waals surface area contributed by atoms with Gasteiger partial charge in [-0.2, -0.15) is 0 Å². The van der Waals surface area contributed by atoms with Crippen molar-refractivity contribution in [2.75, 3.05) is 13.1 Å². The van der Waals surface area contributed by atoms with Gasteiger partial charge in [0.2, 0.25) is 5.78 Å². The van der Waals surface area contributed by atoms with Crippen LogP contribution in [0.15, 0.2) is 23.0 Å². The number of aromatic hydroxyl groups is 1. The van der Waals surface area contributed by atoms with Crippen molar-refractivity contribution in [2.45, 2.75) is 70.2 Å². The van der Waals surface area contributed by atoms with E-state index in [0.717, 1.165) is 12.8 Å². The van der Waals surface area contributed by atoms with Gasteiger partial charge in [-0.1, -0.05) is 0 Å². The van der Waals surface area contributed by atoms with Gasteiger partial charge in [-0.25, -0.2) is 4.39 Å². The highest BCUT2D eigenvalue weighted by Crippen LogP contribution is 2.53. The minimum Gasteiger partial charge on any atom is -0.508 e. The number of benzene rings is 1. The number of nitrogens with two attached hydrogens (primary N) is 1. The summed E-state index contributed by atoms with van der Waals surface area (Å²) >= 11 is 0. The zero-order chi connectivity index (χ0) is 28.6. The number of ketones is 2. The fourth-order valence-electron chi connectivity index (χ4n) is 6.68. The van der Waals surface area contributed by atoms with E-state index < -0.39 is 69.6 Å². The van der Waals surface area contributed by atoms with Crippen LogP contribution in [0.4, 0.5) is 4.39 Å². The number of phenols is 1. The van der Waals surface area contributed by atoms with Crippen LogP contribution < -0.4 is 11.1 Å². The van der Waals surface area contributed by atoms with Gasteiger partial charge in [-0.15, -0.1) is 0 Å². The van der Waals surface area contributed by atoms with Crippen molar-refractivity contribution in [2.24, 2.45) is 17.6 Å². The number of likely N-dealkylation sites (tertiary alicyclic amines) is 1. The van der Waals surface area contributed by atoms with Crippen molar-refractivity contribution in [1.82, 2.24) is 10.2 Å². The predicted molar refractivity (Wildman–Crippen MR) is 138 cm³/mol. The molecule has 10 nitrogen and oxygen atoms in total. The number of primary amides is 1. The lowest BCUT2D eigenvalue weighted by Gasteiger charge is -2.50. The third kappa shape index (κ3) is 4.06. The van der Waals surface area contributed by atoms with Crippen molar-refractivity contribution in [3.8, 4) is 5.75 Å². The van der Waals surface area contributed by atoms with Crippen molar-refractivity contribution in [3.63, 3.8) is 0 Å². The normalized spacial score (nSPS) is 29.4. The van der Waals surface area contributed by atoms with Crippen LogP contribution in [-0.4, -0.2) is 73.1 Å². The van der Waals surface area contributed by atoms with Gasteiger partial charge < -0.3 is 31.5 Å². The zero-order valence-corrected chi connectivity index (χ0v) is 22.2. The number of fused-ring (bicyclic) bond motifs is 3. The van der Waals surface area contributed by atoms with Crippen LogP contribution in [0.25, 0.3) is 5.76 Å². The summed E-state index contributed by atoms with van der Waals surface area (Å²) in [5.74, 6) is -8.01. The molecule has 0 aromatic heterocycles. The molecule has 1 amide bonds.